The molecule has 0 aliphatic heterocycles. The summed E-state index contributed by atoms with van der Waals surface area (Å²) in [5.74, 6) is -1.60. The number of esters is 4. The summed E-state index contributed by atoms with van der Waals surface area (Å²) in [6.07, 6.45) is 60.6. The van der Waals surface area contributed by atoms with E-state index in [2.05, 4.69) is 57.2 Å². The molecule has 0 bridgehead atoms. The number of rotatable bonds is 53. The van der Waals surface area contributed by atoms with Crippen LogP contribution in [0.25, 0.3) is 0 Å². The molecule has 0 saturated carbocycles. The van der Waals surface area contributed by atoms with Crippen molar-refractivity contribution in [1.82, 2.24) is 0 Å². The Morgan fingerprint density at radius 1 is 0.290 bits per heavy atom. The largest absolute Gasteiger partial charge is 0.465 e. The van der Waals surface area contributed by atoms with Gasteiger partial charge in [0.25, 0.3) is 0 Å². The van der Waals surface area contributed by atoms with Crippen molar-refractivity contribution in [3.63, 3.8) is 0 Å². The molecule has 402 valence electrons. The highest BCUT2D eigenvalue weighted by Crippen LogP contribution is 2.24. The zero-order valence-electron chi connectivity index (χ0n) is 45.8. The fourth-order valence-electron chi connectivity index (χ4n) is 8.44. The van der Waals surface area contributed by atoms with Crippen LogP contribution in [0.2, 0.25) is 0 Å². The highest BCUT2D eigenvalue weighted by molar-refractivity contribution is 5.70. The molecule has 8 nitrogen and oxygen atoms in total. The van der Waals surface area contributed by atoms with Gasteiger partial charge in [0, 0.05) is 26.2 Å². The molecular formula is C61H110O8. The van der Waals surface area contributed by atoms with Crippen LogP contribution in [0.15, 0.2) is 36.5 Å². The molecule has 0 amide bonds. The van der Waals surface area contributed by atoms with Gasteiger partial charge in [0.05, 0.1) is 0 Å². The number of allylic oxidation sites excluding steroid dienone is 6. The molecule has 0 unspecified atom stereocenters. The van der Waals surface area contributed by atoms with Gasteiger partial charge < -0.3 is 18.9 Å². The summed E-state index contributed by atoms with van der Waals surface area (Å²) in [5.41, 5.74) is -1.21. The summed E-state index contributed by atoms with van der Waals surface area (Å²) < 4.78 is 22.8. The van der Waals surface area contributed by atoms with E-state index in [1.54, 1.807) is 0 Å². The summed E-state index contributed by atoms with van der Waals surface area (Å²) in [6.45, 7) is 7.30. The molecule has 0 aliphatic rings. The summed E-state index contributed by atoms with van der Waals surface area (Å²) in [7, 11) is 0. The van der Waals surface area contributed by atoms with Crippen LogP contribution in [0.5, 0.6) is 0 Å². The number of hydrogen-bond acceptors (Lipinski definition) is 8. The molecule has 0 saturated heterocycles. The van der Waals surface area contributed by atoms with Crippen molar-refractivity contribution in [3.05, 3.63) is 36.5 Å². The zero-order valence-corrected chi connectivity index (χ0v) is 45.8. The van der Waals surface area contributed by atoms with Gasteiger partial charge in [-0.2, -0.15) is 0 Å². The molecule has 0 heterocycles. The second-order valence-electron chi connectivity index (χ2n) is 20.3. The lowest BCUT2D eigenvalue weighted by atomic mass is 9.92. The predicted octanol–water partition coefficient (Wildman–Crippen LogP) is 18.3. The Labute approximate surface area is 426 Å². The molecule has 0 spiro atoms. The van der Waals surface area contributed by atoms with E-state index in [1.807, 2.05) is 0 Å². The van der Waals surface area contributed by atoms with E-state index in [9.17, 15) is 19.2 Å². The van der Waals surface area contributed by atoms with Crippen molar-refractivity contribution < 1.29 is 38.1 Å². The highest BCUT2D eigenvalue weighted by atomic mass is 16.6. The summed E-state index contributed by atoms with van der Waals surface area (Å²) in [6, 6.07) is 0. The molecule has 0 atom stereocenters. The fourth-order valence-corrected chi connectivity index (χ4v) is 8.44. The Hall–Kier alpha value is -2.90. The molecule has 0 N–H and O–H groups in total. The first-order chi connectivity index (χ1) is 33.8. The SMILES string of the molecule is CCCCCCCC/C=C\CCCCCCCC(=O)OCC(COC(C)=O)(COC(=O)CCCCCCC/C=C\CCCCCCCC)COC(=O)CCCCCCC/C=C\CCCCCCCC. The first-order valence-electron chi connectivity index (χ1n) is 29.3. The average Bonchev–Trinajstić information content (AvgIpc) is 3.34. The van der Waals surface area contributed by atoms with E-state index in [-0.39, 0.29) is 63.6 Å². The van der Waals surface area contributed by atoms with Gasteiger partial charge in [0.15, 0.2) is 0 Å². The maximum Gasteiger partial charge on any atom is 0.305 e. The lowest BCUT2D eigenvalue weighted by Gasteiger charge is -2.31. The monoisotopic (exact) mass is 971 g/mol. The van der Waals surface area contributed by atoms with Crippen molar-refractivity contribution in [2.24, 2.45) is 5.41 Å². The maximum absolute atomic E-state index is 13.0. The van der Waals surface area contributed by atoms with E-state index in [0.717, 1.165) is 116 Å². The van der Waals surface area contributed by atoms with Gasteiger partial charge in [-0.15, -0.1) is 0 Å². The number of ether oxygens (including phenoxy) is 4. The summed E-state index contributed by atoms with van der Waals surface area (Å²) in [4.78, 5) is 51.1. The lowest BCUT2D eigenvalue weighted by Crippen LogP contribution is -2.43. The first-order valence-corrected chi connectivity index (χ1v) is 29.3. The molecule has 0 aromatic carbocycles. The van der Waals surface area contributed by atoms with Crippen molar-refractivity contribution >= 4 is 23.9 Å². The number of hydrogen-bond donors (Lipinski definition) is 0. The zero-order chi connectivity index (χ0) is 50.4. The third-order valence-electron chi connectivity index (χ3n) is 13.1. The number of carbonyl (C=O) groups is 4. The second kappa shape index (κ2) is 52.9. The average molecular weight is 972 g/mol. The first kappa shape index (κ1) is 66.1. The third kappa shape index (κ3) is 49.9. The van der Waals surface area contributed by atoms with Gasteiger partial charge in [-0.25, -0.2) is 0 Å². The van der Waals surface area contributed by atoms with Crippen molar-refractivity contribution in [3.8, 4) is 0 Å². The number of unbranched alkanes of at least 4 members (excludes halogenated alkanes) is 33. The minimum Gasteiger partial charge on any atom is -0.465 e. The van der Waals surface area contributed by atoms with E-state index >= 15 is 0 Å². The topological polar surface area (TPSA) is 105 Å². The van der Waals surface area contributed by atoms with Gasteiger partial charge in [-0.05, 0) is 96.3 Å². The molecule has 0 aromatic heterocycles. The lowest BCUT2D eigenvalue weighted by molar-refractivity contribution is -0.170. The summed E-state index contributed by atoms with van der Waals surface area (Å²) in [5, 5.41) is 0. The quantitative estimate of drug-likeness (QED) is 0.0257. The van der Waals surface area contributed by atoms with Crippen molar-refractivity contribution in [2.45, 2.75) is 297 Å². The molecular weight excluding hydrogens is 861 g/mol. The molecule has 0 radical (unpaired) electrons. The Morgan fingerprint density at radius 2 is 0.493 bits per heavy atom. The summed E-state index contributed by atoms with van der Waals surface area (Å²) >= 11 is 0. The van der Waals surface area contributed by atoms with E-state index < -0.39 is 11.4 Å². The van der Waals surface area contributed by atoms with Crippen LogP contribution in [0, 0.1) is 5.41 Å². The Balaban J connectivity index is 4.92. The van der Waals surface area contributed by atoms with Crippen LogP contribution in [-0.2, 0) is 38.1 Å². The maximum atomic E-state index is 13.0. The van der Waals surface area contributed by atoms with Crippen LogP contribution in [-0.4, -0.2) is 50.3 Å². The van der Waals surface area contributed by atoms with Crippen LogP contribution in [0.1, 0.15) is 297 Å². The van der Waals surface area contributed by atoms with Crippen LogP contribution in [0.3, 0.4) is 0 Å². The molecule has 0 fully saturated rings. The van der Waals surface area contributed by atoms with Gasteiger partial charge in [0.2, 0.25) is 0 Å². The Bertz CT molecular complexity index is 1120. The molecule has 0 aliphatic carbocycles. The molecule has 69 heavy (non-hydrogen) atoms. The van der Waals surface area contributed by atoms with Gasteiger partial charge in [-0.1, -0.05) is 211 Å². The fraction of sp³-hybridized carbons (Fsp3) is 0.836. The Morgan fingerprint density at radius 3 is 0.725 bits per heavy atom. The third-order valence-corrected chi connectivity index (χ3v) is 13.1. The normalized spacial score (nSPS) is 11.9. The smallest absolute Gasteiger partial charge is 0.305 e. The van der Waals surface area contributed by atoms with Crippen LogP contribution < -0.4 is 0 Å². The Kier molecular flexibility index (Phi) is 50.7. The van der Waals surface area contributed by atoms with Crippen molar-refractivity contribution in [1.29, 1.82) is 0 Å². The standard InChI is InChI=1S/C61H110O8/c1-5-8-11-14-17-20-23-26-29-32-35-38-41-44-47-50-58(63)67-54-61(53-66-57(4)62,55-68-59(64)51-48-45-42-39-36-33-30-27-24-21-18-15-12-9-6-2)56-69-60(65)52-49-46-43-40-37-34-31-28-25-22-19-16-13-10-7-3/h26-31H,5-25,32-56H2,1-4H3/b29-26-,30-27-,31-28-. The van der Waals surface area contributed by atoms with E-state index in [1.165, 1.54) is 142 Å². The number of carbonyl (C=O) groups excluding carboxylic acids is 4. The van der Waals surface area contributed by atoms with Gasteiger partial charge in [0.1, 0.15) is 31.8 Å². The highest BCUT2D eigenvalue weighted by Gasteiger charge is 2.37. The van der Waals surface area contributed by atoms with Crippen molar-refractivity contribution in [2.75, 3.05) is 26.4 Å². The molecule has 0 rings (SSSR count). The van der Waals surface area contributed by atoms with E-state index in [4.69, 9.17) is 18.9 Å². The van der Waals surface area contributed by atoms with Crippen LogP contribution >= 0.6 is 0 Å². The van der Waals surface area contributed by atoms with E-state index in [0.29, 0.717) is 0 Å². The van der Waals surface area contributed by atoms with Crippen LogP contribution in [0.4, 0.5) is 0 Å². The van der Waals surface area contributed by atoms with Gasteiger partial charge in [-0.3, -0.25) is 19.2 Å². The molecule has 8 heteroatoms. The van der Waals surface area contributed by atoms with Gasteiger partial charge >= 0.3 is 23.9 Å². The molecule has 0 aromatic rings. The second-order valence-corrected chi connectivity index (χ2v) is 20.3. The minimum atomic E-state index is -1.21. The predicted molar refractivity (Wildman–Crippen MR) is 290 cm³/mol. The minimum absolute atomic E-state index is 0.189.